The number of nitrogen functional groups attached to an aromatic ring is 1. The number of anilines is 1. The quantitative estimate of drug-likeness (QED) is 0.856. The summed E-state index contributed by atoms with van der Waals surface area (Å²) in [6.07, 6.45) is 0. The Balaban J connectivity index is 2.75. The number of aromatic amines is 1. The summed E-state index contributed by atoms with van der Waals surface area (Å²) in [6.45, 7) is -1.24. The van der Waals surface area contributed by atoms with E-state index in [0.717, 1.165) is 0 Å². The van der Waals surface area contributed by atoms with E-state index in [-0.39, 0.29) is 46.2 Å². The van der Waals surface area contributed by atoms with Crippen molar-refractivity contribution in [1.82, 2.24) is 4.98 Å². The van der Waals surface area contributed by atoms with Gasteiger partial charge in [0, 0.05) is 5.56 Å². The topological polar surface area (TPSA) is 125 Å². The highest BCUT2D eigenvalue weighted by atomic mass is 19.3. The van der Waals surface area contributed by atoms with E-state index >= 15 is 0 Å². The van der Waals surface area contributed by atoms with E-state index in [0.29, 0.717) is 0 Å². The lowest BCUT2D eigenvalue weighted by molar-refractivity contribution is -0.0514. The average Bonchev–Trinajstić information content (AvgIpc) is 2.55. The van der Waals surface area contributed by atoms with Gasteiger partial charge in [-0.05, 0) is 24.6 Å². The first-order valence-corrected chi connectivity index (χ1v) is 7.00. The van der Waals surface area contributed by atoms with Gasteiger partial charge in [-0.2, -0.15) is 19.3 Å². The number of alkyl halides is 2. The highest BCUT2D eigenvalue weighted by molar-refractivity contribution is 5.81. The summed E-state index contributed by atoms with van der Waals surface area (Å²) in [6, 6.07) is 7.38. The number of nitrogens with zero attached hydrogens (tertiary/aromatic N) is 2. The van der Waals surface area contributed by atoms with E-state index in [1.54, 1.807) is 13.0 Å². The molecule has 128 valence electrons. The molecule has 2 aromatic rings. The van der Waals surface area contributed by atoms with Crippen LogP contribution in [0.4, 0.5) is 14.6 Å². The van der Waals surface area contributed by atoms with Crippen LogP contribution in [0.15, 0.2) is 23.0 Å². The monoisotopic (exact) mass is 346 g/mol. The predicted molar refractivity (Wildman–Crippen MR) is 84.1 cm³/mol. The predicted octanol–water partition coefficient (Wildman–Crippen LogP) is 2.37. The van der Waals surface area contributed by atoms with Crippen LogP contribution in [-0.4, -0.2) is 18.2 Å². The number of aromatic nitrogens is 1. The summed E-state index contributed by atoms with van der Waals surface area (Å²) in [5.41, 5.74) is 4.67. The first-order chi connectivity index (χ1) is 11.9. The van der Waals surface area contributed by atoms with Crippen molar-refractivity contribution in [3.05, 3.63) is 39.7 Å². The molecule has 2 rings (SSSR count). The lowest BCUT2D eigenvalue weighted by Gasteiger charge is -2.14. The molecule has 0 saturated carbocycles. The average molecular weight is 346 g/mol. The van der Waals surface area contributed by atoms with Crippen LogP contribution in [0, 0.1) is 22.7 Å². The van der Waals surface area contributed by atoms with Gasteiger partial charge < -0.3 is 20.2 Å². The zero-order valence-electron chi connectivity index (χ0n) is 13.0. The molecule has 0 spiro atoms. The molecule has 0 fully saturated rings. The van der Waals surface area contributed by atoms with Crippen molar-refractivity contribution in [1.29, 1.82) is 10.5 Å². The number of pyridine rings is 1. The molecule has 0 amide bonds. The van der Waals surface area contributed by atoms with Crippen molar-refractivity contribution in [2.45, 2.75) is 13.5 Å². The number of ether oxygens (including phenoxy) is 2. The summed E-state index contributed by atoms with van der Waals surface area (Å²) in [7, 11) is 0. The fraction of sp³-hybridized carbons (Fsp3) is 0.188. The second-order valence-electron chi connectivity index (χ2n) is 4.69. The summed E-state index contributed by atoms with van der Waals surface area (Å²) in [5, 5.41) is 18.5. The van der Waals surface area contributed by atoms with E-state index in [2.05, 4.69) is 9.72 Å². The molecular weight excluding hydrogens is 334 g/mol. The number of rotatable bonds is 5. The third kappa shape index (κ3) is 3.51. The third-order valence-electron chi connectivity index (χ3n) is 3.22. The first kappa shape index (κ1) is 17.8. The fourth-order valence-electron chi connectivity index (χ4n) is 2.26. The van der Waals surface area contributed by atoms with Crippen LogP contribution in [0.5, 0.6) is 11.5 Å². The Morgan fingerprint density at radius 1 is 1.24 bits per heavy atom. The molecule has 0 aliphatic carbocycles. The van der Waals surface area contributed by atoms with Gasteiger partial charge in [-0.3, -0.25) is 4.79 Å². The molecule has 0 bridgehead atoms. The van der Waals surface area contributed by atoms with Gasteiger partial charge in [-0.1, -0.05) is 6.07 Å². The Labute approximate surface area is 140 Å². The summed E-state index contributed by atoms with van der Waals surface area (Å²) in [5.74, 6) is -0.435. The van der Waals surface area contributed by atoms with Gasteiger partial charge in [-0.15, -0.1) is 0 Å². The summed E-state index contributed by atoms with van der Waals surface area (Å²) < 4.78 is 34.6. The molecular formula is C16H12F2N4O3. The number of benzene rings is 1. The fourth-order valence-corrected chi connectivity index (χ4v) is 2.26. The van der Waals surface area contributed by atoms with Gasteiger partial charge in [0.15, 0.2) is 11.5 Å². The van der Waals surface area contributed by atoms with E-state index in [4.69, 9.17) is 10.5 Å². The molecule has 0 unspecified atom stereocenters. The number of nitrogens with two attached hydrogens (primary N) is 1. The van der Waals surface area contributed by atoms with Crippen LogP contribution in [0.25, 0.3) is 11.1 Å². The van der Waals surface area contributed by atoms with Gasteiger partial charge in [-0.25, -0.2) is 0 Å². The molecule has 7 nitrogen and oxygen atoms in total. The lowest BCUT2D eigenvalue weighted by atomic mass is 9.96. The Morgan fingerprint density at radius 2 is 1.92 bits per heavy atom. The van der Waals surface area contributed by atoms with Gasteiger partial charge in [0.25, 0.3) is 5.56 Å². The summed E-state index contributed by atoms with van der Waals surface area (Å²) in [4.78, 5) is 14.2. The van der Waals surface area contributed by atoms with Crippen molar-refractivity contribution in [3.8, 4) is 34.8 Å². The van der Waals surface area contributed by atoms with Crippen LogP contribution in [-0.2, 0) is 0 Å². The summed E-state index contributed by atoms with van der Waals surface area (Å²) >= 11 is 0. The Morgan fingerprint density at radius 3 is 2.48 bits per heavy atom. The minimum atomic E-state index is -3.05. The molecule has 0 atom stereocenters. The van der Waals surface area contributed by atoms with E-state index in [9.17, 15) is 24.1 Å². The molecule has 0 saturated heterocycles. The van der Waals surface area contributed by atoms with Crippen molar-refractivity contribution < 1.29 is 18.3 Å². The van der Waals surface area contributed by atoms with Crippen LogP contribution in [0.2, 0.25) is 0 Å². The Kier molecular flexibility index (Phi) is 5.20. The largest absolute Gasteiger partial charge is 0.490 e. The number of halogens is 2. The molecule has 1 aromatic carbocycles. The van der Waals surface area contributed by atoms with Crippen LogP contribution in [0.3, 0.4) is 0 Å². The smallest absolute Gasteiger partial charge is 0.387 e. The van der Waals surface area contributed by atoms with Crippen molar-refractivity contribution in [2.75, 3.05) is 12.3 Å². The number of nitriles is 2. The maximum absolute atomic E-state index is 12.5. The molecule has 1 aromatic heterocycles. The van der Waals surface area contributed by atoms with E-state index in [1.807, 2.05) is 6.07 Å². The highest BCUT2D eigenvalue weighted by Crippen LogP contribution is 2.36. The van der Waals surface area contributed by atoms with Gasteiger partial charge in [0.05, 0.1) is 6.61 Å². The Bertz CT molecular complexity index is 942. The molecule has 9 heteroatoms. The number of H-pyrrole nitrogens is 1. The third-order valence-corrected chi connectivity index (χ3v) is 3.22. The van der Waals surface area contributed by atoms with E-state index in [1.165, 1.54) is 18.2 Å². The van der Waals surface area contributed by atoms with Crippen LogP contribution >= 0.6 is 0 Å². The second-order valence-corrected chi connectivity index (χ2v) is 4.69. The lowest BCUT2D eigenvalue weighted by Crippen LogP contribution is -2.16. The molecule has 0 aliphatic heterocycles. The van der Waals surface area contributed by atoms with Gasteiger partial charge in [0.1, 0.15) is 29.1 Å². The van der Waals surface area contributed by atoms with Crippen molar-refractivity contribution >= 4 is 5.82 Å². The van der Waals surface area contributed by atoms with Crippen molar-refractivity contribution in [3.63, 3.8) is 0 Å². The maximum atomic E-state index is 12.5. The van der Waals surface area contributed by atoms with Crippen LogP contribution in [0.1, 0.15) is 18.1 Å². The normalized spacial score (nSPS) is 10.2. The van der Waals surface area contributed by atoms with Gasteiger partial charge in [0.2, 0.25) is 0 Å². The standard InChI is InChI=1S/C16H12F2N4O3/c1-2-24-12-5-8(3-4-11(12)25-16(17)18)13-9(6-19)14(21)22-15(23)10(13)7-20/h3-5,16H,2H2,1H3,(H3,21,22,23). The Hall–Kier alpha value is -3.59. The minimum Gasteiger partial charge on any atom is -0.490 e. The first-order valence-electron chi connectivity index (χ1n) is 7.00. The SMILES string of the molecule is CCOc1cc(-c2c(C#N)c(N)[nH]c(=O)c2C#N)ccc1OC(F)F. The molecule has 25 heavy (non-hydrogen) atoms. The maximum Gasteiger partial charge on any atom is 0.387 e. The molecule has 1 heterocycles. The number of hydrogen-bond donors (Lipinski definition) is 2. The number of nitrogens with one attached hydrogen (secondary N) is 1. The molecule has 3 N–H and O–H groups in total. The minimum absolute atomic E-state index is 0.00389. The number of hydrogen-bond acceptors (Lipinski definition) is 6. The van der Waals surface area contributed by atoms with Crippen LogP contribution < -0.4 is 20.8 Å². The zero-order chi connectivity index (χ0) is 18.6. The zero-order valence-corrected chi connectivity index (χ0v) is 13.0. The molecule has 0 aliphatic rings. The molecule has 0 radical (unpaired) electrons. The van der Waals surface area contributed by atoms with E-state index < -0.39 is 12.2 Å². The highest BCUT2D eigenvalue weighted by Gasteiger charge is 2.20. The second kappa shape index (κ2) is 7.32. The van der Waals surface area contributed by atoms with Crippen molar-refractivity contribution in [2.24, 2.45) is 0 Å². The van der Waals surface area contributed by atoms with Gasteiger partial charge >= 0.3 is 6.61 Å².